The number of aromatic nitrogens is 2. The molecule has 156 valence electrons. The fourth-order valence-electron chi connectivity index (χ4n) is 2.60. The van der Waals surface area contributed by atoms with E-state index < -0.39 is 15.9 Å². The zero-order valence-corrected chi connectivity index (χ0v) is 17.4. The van der Waals surface area contributed by atoms with E-state index in [1.807, 2.05) is 12.1 Å². The Labute approximate surface area is 175 Å². The number of sulfonamides is 1. The zero-order chi connectivity index (χ0) is 21.6. The van der Waals surface area contributed by atoms with Crippen LogP contribution in [0.4, 0.5) is 5.82 Å². The summed E-state index contributed by atoms with van der Waals surface area (Å²) in [6.45, 7) is 3.73. The van der Waals surface area contributed by atoms with Crippen LogP contribution in [0.5, 0.6) is 5.75 Å². The Morgan fingerprint density at radius 3 is 2.57 bits per heavy atom. The molecule has 0 saturated carbocycles. The molecule has 0 radical (unpaired) electrons. The minimum Gasteiger partial charge on any atom is -0.485 e. The van der Waals surface area contributed by atoms with Crippen LogP contribution in [0.25, 0.3) is 0 Å². The van der Waals surface area contributed by atoms with Gasteiger partial charge < -0.3 is 10.1 Å². The second kappa shape index (κ2) is 9.47. The number of hydrogen-bond acceptors (Lipinski definition) is 6. The van der Waals surface area contributed by atoms with E-state index in [9.17, 15) is 13.2 Å². The SMILES string of the molecule is CC(C)NS(=O)(=O)c1cccc(C(=O)Nc2ncccc2OCc2ccncc2)c1. The molecule has 0 saturated heterocycles. The minimum atomic E-state index is -3.71. The molecule has 0 aliphatic carbocycles. The van der Waals surface area contributed by atoms with Crippen molar-refractivity contribution in [3.63, 3.8) is 0 Å². The van der Waals surface area contributed by atoms with Gasteiger partial charge in [-0.1, -0.05) is 6.07 Å². The van der Waals surface area contributed by atoms with Gasteiger partial charge in [-0.05, 0) is 61.9 Å². The predicted octanol–water partition coefficient (Wildman–Crippen LogP) is 2.99. The molecule has 2 aromatic heterocycles. The maximum atomic E-state index is 12.7. The van der Waals surface area contributed by atoms with Crippen LogP contribution in [0.2, 0.25) is 0 Å². The highest BCUT2D eigenvalue weighted by Crippen LogP contribution is 2.23. The monoisotopic (exact) mass is 426 g/mol. The van der Waals surface area contributed by atoms with Gasteiger partial charge in [-0.15, -0.1) is 0 Å². The number of rotatable bonds is 8. The summed E-state index contributed by atoms with van der Waals surface area (Å²) in [6, 6.07) is 12.6. The molecule has 1 aromatic carbocycles. The number of benzene rings is 1. The van der Waals surface area contributed by atoms with Gasteiger partial charge in [0.15, 0.2) is 11.6 Å². The second-order valence-corrected chi connectivity index (χ2v) is 8.47. The maximum Gasteiger partial charge on any atom is 0.256 e. The highest BCUT2D eigenvalue weighted by Gasteiger charge is 2.18. The standard InChI is InChI=1S/C21H22N4O4S/c1-15(2)25-30(27,28)18-6-3-5-17(13-18)21(26)24-20-19(7-4-10-23-20)29-14-16-8-11-22-12-9-16/h3-13,15,25H,14H2,1-2H3,(H,23,24,26). The molecule has 0 atom stereocenters. The van der Waals surface area contributed by atoms with Crippen molar-refractivity contribution in [3.8, 4) is 5.75 Å². The van der Waals surface area contributed by atoms with Crippen molar-refractivity contribution in [3.05, 3.63) is 78.2 Å². The fraction of sp³-hybridized carbons (Fsp3) is 0.190. The van der Waals surface area contributed by atoms with E-state index in [2.05, 4.69) is 20.0 Å². The van der Waals surface area contributed by atoms with Crippen molar-refractivity contribution in [2.45, 2.75) is 31.4 Å². The van der Waals surface area contributed by atoms with Gasteiger partial charge in [-0.25, -0.2) is 18.1 Å². The van der Waals surface area contributed by atoms with E-state index >= 15 is 0 Å². The average molecular weight is 426 g/mol. The Kier molecular flexibility index (Phi) is 6.76. The van der Waals surface area contributed by atoms with Gasteiger partial charge in [0.25, 0.3) is 5.91 Å². The molecule has 0 bridgehead atoms. The first kappa shape index (κ1) is 21.4. The molecular formula is C21H22N4O4S. The van der Waals surface area contributed by atoms with Crippen molar-refractivity contribution >= 4 is 21.7 Å². The van der Waals surface area contributed by atoms with Crippen LogP contribution in [-0.2, 0) is 16.6 Å². The Morgan fingerprint density at radius 1 is 1.07 bits per heavy atom. The quantitative estimate of drug-likeness (QED) is 0.573. The lowest BCUT2D eigenvalue weighted by Gasteiger charge is -2.13. The summed E-state index contributed by atoms with van der Waals surface area (Å²) in [6.07, 6.45) is 4.86. The number of pyridine rings is 2. The third-order valence-corrected chi connectivity index (χ3v) is 5.60. The minimum absolute atomic E-state index is 0.0130. The molecule has 0 unspecified atom stereocenters. The van der Waals surface area contributed by atoms with Gasteiger partial charge in [-0.2, -0.15) is 0 Å². The molecule has 0 aliphatic heterocycles. The molecule has 1 amide bonds. The smallest absolute Gasteiger partial charge is 0.256 e. The Hall–Kier alpha value is -3.30. The average Bonchev–Trinajstić information content (AvgIpc) is 2.73. The first-order valence-corrected chi connectivity index (χ1v) is 10.7. The Bertz CT molecular complexity index is 1120. The number of carbonyl (C=O) groups is 1. The molecule has 0 aliphatic rings. The van der Waals surface area contributed by atoms with E-state index in [1.54, 1.807) is 38.4 Å². The van der Waals surface area contributed by atoms with Crippen LogP contribution in [0.15, 0.2) is 72.0 Å². The molecule has 2 N–H and O–H groups in total. The van der Waals surface area contributed by atoms with Crippen LogP contribution in [0, 0.1) is 0 Å². The first-order valence-electron chi connectivity index (χ1n) is 9.25. The van der Waals surface area contributed by atoms with Crippen LogP contribution in [0.1, 0.15) is 29.8 Å². The van der Waals surface area contributed by atoms with Crippen molar-refractivity contribution in [1.29, 1.82) is 0 Å². The van der Waals surface area contributed by atoms with Crippen LogP contribution in [-0.4, -0.2) is 30.3 Å². The van der Waals surface area contributed by atoms with Crippen molar-refractivity contribution in [2.24, 2.45) is 0 Å². The van der Waals surface area contributed by atoms with Crippen molar-refractivity contribution < 1.29 is 17.9 Å². The summed E-state index contributed by atoms with van der Waals surface area (Å²) >= 11 is 0. The topological polar surface area (TPSA) is 110 Å². The largest absolute Gasteiger partial charge is 0.485 e. The fourth-order valence-corrected chi connectivity index (χ4v) is 3.90. The molecule has 2 heterocycles. The summed E-state index contributed by atoms with van der Waals surface area (Å²) in [7, 11) is -3.71. The number of anilines is 1. The van der Waals surface area contributed by atoms with E-state index in [1.165, 1.54) is 30.5 Å². The van der Waals surface area contributed by atoms with Crippen LogP contribution >= 0.6 is 0 Å². The van der Waals surface area contributed by atoms with Crippen LogP contribution in [0.3, 0.4) is 0 Å². The molecular weight excluding hydrogens is 404 g/mol. The number of ether oxygens (including phenoxy) is 1. The van der Waals surface area contributed by atoms with Gasteiger partial charge in [0.1, 0.15) is 6.61 Å². The number of nitrogens with zero attached hydrogens (tertiary/aromatic N) is 2. The van der Waals surface area contributed by atoms with Crippen LogP contribution < -0.4 is 14.8 Å². The highest BCUT2D eigenvalue weighted by atomic mass is 32.2. The van der Waals surface area contributed by atoms with Crippen molar-refractivity contribution in [1.82, 2.24) is 14.7 Å². The third-order valence-electron chi connectivity index (χ3n) is 3.94. The normalized spacial score (nSPS) is 11.3. The molecule has 0 fully saturated rings. The summed E-state index contributed by atoms with van der Waals surface area (Å²) in [5, 5.41) is 2.68. The lowest BCUT2D eigenvalue weighted by atomic mass is 10.2. The summed E-state index contributed by atoms with van der Waals surface area (Å²) in [5.74, 6) is 0.141. The first-order chi connectivity index (χ1) is 14.3. The Morgan fingerprint density at radius 2 is 1.83 bits per heavy atom. The summed E-state index contributed by atoms with van der Waals surface area (Å²) in [5.41, 5.74) is 1.11. The van der Waals surface area contributed by atoms with Crippen molar-refractivity contribution in [2.75, 3.05) is 5.32 Å². The Balaban J connectivity index is 1.76. The predicted molar refractivity (Wildman–Crippen MR) is 113 cm³/mol. The van der Waals surface area contributed by atoms with Gasteiger partial charge in [0, 0.05) is 30.2 Å². The number of carbonyl (C=O) groups excluding carboxylic acids is 1. The summed E-state index contributed by atoms with van der Waals surface area (Å²) in [4.78, 5) is 20.9. The number of nitrogens with one attached hydrogen (secondary N) is 2. The van der Waals surface area contributed by atoms with E-state index in [0.29, 0.717) is 5.75 Å². The molecule has 9 heteroatoms. The maximum absolute atomic E-state index is 12.7. The number of amides is 1. The molecule has 30 heavy (non-hydrogen) atoms. The zero-order valence-electron chi connectivity index (χ0n) is 16.6. The molecule has 3 rings (SSSR count). The lowest BCUT2D eigenvalue weighted by Crippen LogP contribution is -2.30. The molecule has 0 spiro atoms. The second-order valence-electron chi connectivity index (χ2n) is 6.75. The lowest BCUT2D eigenvalue weighted by molar-refractivity contribution is 0.102. The molecule has 3 aromatic rings. The van der Waals surface area contributed by atoms with E-state index in [0.717, 1.165) is 5.56 Å². The van der Waals surface area contributed by atoms with E-state index in [-0.39, 0.29) is 28.9 Å². The highest BCUT2D eigenvalue weighted by molar-refractivity contribution is 7.89. The van der Waals surface area contributed by atoms with Gasteiger partial charge in [-0.3, -0.25) is 9.78 Å². The van der Waals surface area contributed by atoms with Gasteiger partial charge in [0.2, 0.25) is 10.0 Å². The molecule has 8 nitrogen and oxygen atoms in total. The number of hydrogen-bond donors (Lipinski definition) is 2. The van der Waals surface area contributed by atoms with Gasteiger partial charge in [0.05, 0.1) is 4.90 Å². The third kappa shape index (κ3) is 5.62. The van der Waals surface area contributed by atoms with Gasteiger partial charge >= 0.3 is 0 Å². The summed E-state index contributed by atoms with van der Waals surface area (Å²) < 4.78 is 33.0. The van der Waals surface area contributed by atoms with E-state index in [4.69, 9.17) is 4.74 Å².